The molecule has 0 aromatic heterocycles. The van der Waals surface area contributed by atoms with E-state index < -0.39 is 0 Å². The van der Waals surface area contributed by atoms with Gasteiger partial charge in [0.25, 0.3) is 0 Å². The first kappa shape index (κ1) is 13.1. The van der Waals surface area contributed by atoms with E-state index in [4.69, 9.17) is 0 Å². The van der Waals surface area contributed by atoms with Crippen molar-refractivity contribution < 1.29 is 5.11 Å². The highest BCUT2D eigenvalue weighted by Crippen LogP contribution is 2.38. The van der Waals surface area contributed by atoms with E-state index in [1.807, 2.05) is 0 Å². The summed E-state index contributed by atoms with van der Waals surface area (Å²) in [6.45, 7) is 11.4. The Labute approximate surface area is 99.5 Å². The zero-order valence-electron chi connectivity index (χ0n) is 11.1. The highest BCUT2D eigenvalue weighted by molar-refractivity contribution is 5.31. The minimum atomic E-state index is 0.196. The van der Waals surface area contributed by atoms with Gasteiger partial charge in [-0.1, -0.05) is 46.8 Å². The van der Waals surface area contributed by atoms with E-state index in [1.165, 1.54) is 12.0 Å². The van der Waals surface area contributed by atoms with Crippen molar-refractivity contribution in [2.45, 2.75) is 46.5 Å². The molecule has 0 amide bonds. The van der Waals surface area contributed by atoms with Crippen molar-refractivity contribution in [3.8, 4) is 5.75 Å². The van der Waals surface area contributed by atoms with Gasteiger partial charge in [0.1, 0.15) is 5.75 Å². The molecule has 1 unspecified atom stereocenters. The van der Waals surface area contributed by atoms with Gasteiger partial charge in [0.05, 0.1) is 0 Å². The Morgan fingerprint density at radius 1 is 1.06 bits per heavy atom. The van der Waals surface area contributed by atoms with Crippen molar-refractivity contribution in [2.24, 2.45) is 11.8 Å². The van der Waals surface area contributed by atoms with Crippen molar-refractivity contribution >= 4 is 0 Å². The van der Waals surface area contributed by atoms with E-state index in [1.54, 1.807) is 12.1 Å². The molecule has 0 spiro atoms. The topological polar surface area (TPSA) is 20.2 Å². The highest BCUT2D eigenvalue weighted by Gasteiger charge is 2.30. The van der Waals surface area contributed by atoms with Crippen LogP contribution in [0.1, 0.15) is 46.6 Å². The lowest BCUT2D eigenvalue weighted by molar-refractivity contribution is 0.276. The largest absolute Gasteiger partial charge is 0.508 e. The minimum Gasteiger partial charge on any atom is -0.508 e. The summed E-state index contributed by atoms with van der Waals surface area (Å²) in [6, 6.07) is 7.68. The maximum atomic E-state index is 9.34. The number of phenolic OH excluding ortho intramolecular Hbond substituents is 1. The third-order valence-electron chi connectivity index (χ3n) is 3.63. The van der Waals surface area contributed by atoms with Gasteiger partial charge in [0.15, 0.2) is 0 Å². The van der Waals surface area contributed by atoms with Gasteiger partial charge in [-0.2, -0.15) is 0 Å². The van der Waals surface area contributed by atoms with Crippen LogP contribution in [-0.4, -0.2) is 5.11 Å². The maximum absolute atomic E-state index is 9.34. The molecule has 0 aliphatic heterocycles. The second-order valence-corrected chi connectivity index (χ2v) is 5.72. The van der Waals surface area contributed by atoms with Gasteiger partial charge in [-0.25, -0.2) is 0 Å². The Kier molecular flexibility index (Phi) is 4.01. The van der Waals surface area contributed by atoms with Gasteiger partial charge < -0.3 is 5.11 Å². The second-order valence-electron chi connectivity index (χ2n) is 5.72. The summed E-state index contributed by atoms with van der Waals surface area (Å²) in [6.07, 6.45) is 1.18. The Balaban J connectivity index is 3.06. The molecule has 1 atom stereocenters. The molecule has 1 aromatic carbocycles. The molecule has 0 bridgehead atoms. The van der Waals surface area contributed by atoms with Crippen molar-refractivity contribution in [3.05, 3.63) is 29.8 Å². The van der Waals surface area contributed by atoms with E-state index in [9.17, 15) is 5.11 Å². The van der Waals surface area contributed by atoms with Crippen LogP contribution in [0.25, 0.3) is 0 Å². The predicted octanol–water partition coefficient (Wildman–Crippen LogP) is 4.35. The van der Waals surface area contributed by atoms with Gasteiger partial charge in [0.2, 0.25) is 0 Å². The Bertz CT molecular complexity index is 324. The monoisotopic (exact) mass is 220 g/mol. The van der Waals surface area contributed by atoms with E-state index in [0.717, 1.165) is 0 Å². The first-order chi connectivity index (χ1) is 7.36. The molecule has 1 heteroatoms. The summed E-state index contributed by atoms with van der Waals surface area (Å²) in [4.78, 5) is 0. The number of benzene rings is 1. The molecule has 1 N–H and O–H groups in total. The fraction of sp³-hybridized carbons (Fsp3) is 0.600. The van der Waals surface area contributed by atoms with Crippen LogP contribution in [0.3, 0.4) is 0 Å². The van der Waals surface area contributed by atoms with Crippen LogP contribution in [0.2, 0.25) is 0 Å². The zero-order valence-corrected chi connectivity index (χ0v) is 11.1. The Morgan fingerprint density at radius 2 is 1.56 bits per heavy atom. The van der Waals surface area contributed by atoms with Gasteiger partial charge in [-0.3, -0.25) is 0 Å². The molecule has 1 nitrogen and oxygen atoms in total. The fourth-order valence-corrected chi connectivity index (χ4v) is 2.38. The van der Waals surface area contributed by atoms with E-state index >= 15 is 0 Å². The molecule has 1 rings (SSSR count). The molecule has 0 aliphatic carbocycles. The van der Waals surface area contributed by atoms with Crippen molar-refractivity contribution in [1.29, 1.82) is 0 Å². The van der Waals surface area contributed by atoms with Crippen LogP contribution >= 0.6 is 0 Å². The third kappa shape index (κ3) is 2.78. The molecule has 0 radical (unpaired) electrons. The molecular weight excluding hydrogens is 196 g/mol. The summed E-state index contributed by atoms with van der Waals surface area (Å²) in [5.41, 5.74) is 1.52. The van der Waals surface area contributed by atoms with Gasteiger partial charge in [-0.15, -0.1) is 0 Å². The summed E-state index contributed by atoms with van der Waals surface area (Å²) < 4.78 is 0. The number of rotatable bonds is 4. The van der Waals surface area contributed by atoms with Crippen LogP contribution < -0.4 is 0 Å². The number of aromatic hydroxyl groups is 1. The summed E-state index contributed by atoms with van der Waals surface area (Å²) in [5.74, 6) is 1.63. The second kappa shape index (κ2) is 4.90. The number of phenols is 1. The summed E-state index contributed by atoms with van der Waals surface area (Å²) >= 11 is 0. The Hall–Kier alpha value is -0.980. The average Bonchev–Trinajstić information content (AvgIpc) is 2.17. The average molecular weight is 220 g/mol. The molecule has 90 valence electrons. The van der Waals surface area contributed by atoms with Crippen molar-refractivity contribution in [2.75, 3.05) is 0 Å². The molecule has 16 heavy (non-hydrogen) atoms. The zero-order chi connectivity index (χ0) is 12.3. The summed E-state index contributed by atoms with van der Waals surface area (Å²) in [5, 5.41) is 9.34. The highest BCUT2D eigenvalue weighted by atomic mass is 16.3. The fourth-order valence-electron chi connectivity index (χ4n) is 2.38. The molecular formula is C15H24O. The quantitative estimate of drug-likeness (QED) is 0.799. The third-order valence-corrected chi connectivity index (χ3v) is 3.63. The maximum Gasteiger partial charge on any atom is 0.115 e. The molecule has 0 fully saturated rings. The summed E-state index contributed by atoms with van der Waals surface area (Å²) in [7, 11) is 0. The van der Waals surface area contributed by atoms with Crippen LogP contribution in [0, 0.1) is 11.8 Å². The Morgan fingerprint density at radius 3 is 1.94 bits per heavy atom. The SMILES string of the molecule is CC(C)CC(C)(c1ccc(O)cc1)C(C)C. The molecule has 1 aromatic rings. The van der Waals surface area contributed by atoms with Gasteiger partial charge in [-0.05, 0) is 41.4 Å². The molecule has 0 saturated heterocycles. The molecule has 0 heterocycles. The lowest BCUT2D eigenvalue weighted by Gasteiger charge is -2.36. The predicted molar refractivity (Wildman–Crippen MR) is 69.8 cm³/mol. The van der Waals surface area contributed by atoms with Gasteiger partial charge >= 0.3 is 0 Å². The van der Waals surface area contributed by atoms with E-state index in [2.05, 4.69) is 46.8 Å². The lowest BCUT2D eigenvalue weighted by Crippen LogP contribution is -2.30. The minimum absolute atomic E-state index is 0.196. The molecule has 0 aliphatic rings. The smallest absolute Gasteiger partial charge is 0.115 e. The van der Waals surface area contributed by atoms with Crippen LogP contribution in [0.4, 0.5) is 0 Å². The van der Waals surface area contributed by atoms with E-state index in [0.29, 0.717) is 17.6 Å². The number of hydrogen-bond donors (Lipinski definition) is 1. The normalized spacial score (nSPS) is 15.4. The standard InChI is InChI=1S/C15H24O/c1-11(2)10-15(5,12(3)4)13-6-8-14(16)9-7-13/h6-9,11-12,16H,10H2,1-5H3. The van der Waals surface area contributed by atoms with Crippen LogP contribution in [-0.2, 0) is 5.41 Å². The van der Waals surface area contributed by atoms with E-state index in [-0.39, 0.29) is 5.41 Å². The van der Waals surface area contributed by atoms with Crippen LogP contribution in [0.5, 0.6) is 5.75 Å². The van der Waals surface area contributed by atoms with Gasteiger partial charge in [0, 0.05) is 0 Å². The first-order valence-corrected chi connectivity index (χ1v) is 6.15. The van der Waals surface area contributed by atoms with Crippen LogP contribution in [0.15, 0.2) is 24.3 Å². The lowest BCUT2D eigenvalue weighted by atomic mass is 9.68. The molecule has 0 saturated carbocycles. The van der Waals surface area contributed by atoms with Crippen molar-refractivity contribution in [1.82, 2.24) is 0 Å². The first-order valence-electron chi connectivity index (χ1n) is 6.15. The number of hydrogen-bond acceptors (Lipinski definition) is 1. The van der Waals surface area contributed by atoms with Crippen molar-refractivity contribution in [3.63, 3.8) is 0 Å².